The van der Waals surface area contributed by atoms with Gasteiger partial charge >= 0.3 is 0 Å². The average Bonchev–Trinajstić information content (AvgIpc) is 2.64. The first kappa shape index (κ1) is 12.8. The lowest BCUT2D eigenvalue weighted by Gasteiger charge is -2.09. The Labute approximate surface area is 111 Å². The third-order valence-electron chi connectivity index (χ3n) is 2.94. The van der Waals surface area contributed by atoms with Crippen LogP contribution in [0, 0.1) is 13.8 Å². The lowest BCUT2D eigenvalue weighted by Crippen LogP contribution is -2.06. The van der Waals surface area contributed by atoms with Gasteiger partial charge in [0.1, 0.15) is 6.33 Å². The van der Waals surface area contributed by atoms with Crippen LogP contribution in [-0.4, -0.2) is 26.9 Å². The maximum atomic E-state index is 6.00. The van der Waals surface area contributed by atoms with Gasteiger partial charge in [0.05, 0.1) is 12.8 Å². The SMILES string of the molecule is CCc1c(C)nn(-c2ncnc(Cl)c2OC)c1C. The van der Waals surface area contributed by atoms with Crippen LogP contribution in [0.5, 0.6) is 5.75 Å². The van der Waals surface area contributed by atoms with E-state index in [1.807, 2.05) is 13.8 Å². The van der Waals surface area contributed by atoms with Crippen molar-refractivity contribution in [2.24, 2.45) is 0 Å². The van der Waals surface area contributed by atoms with Gasteiger partial charge in [-0.05, 0) is 25.8 Å². The molecule has 0 aromatic carbocycles. The van der Waals surface area contributed by atoms with E-state index in [-0.39, 0.29) is 5.15 Å². The number of methoxy groups -OCH3 is 1. The van der Waals surface area contributed by atoms with Gasteiger partial charge in [-0.3, -0.25) is 0 Å². The topological polar surface area (TPSA) is 52.8 Å². The van der Waals surface area contributed by atoms with Gasteiger partial charge in [0.15, 0.2) is 5.15 Å². The summed E-state index contributed by atoms with van der Waals surface area (Å²) in [5, 5.41) is 4.77. The minimum Gasteiger partial charge on any atom is -0.490 e. The van der Waals surface area contributed by atoms with Crippen molar-refractivity contribution < 1.29 is 4.74 Å². The van der Waals surface area contributed by atoms with Crippen LogP contribution in [-0.2, 0) is 6.42 Å². The zero-order valence-corrected chi connectivity index (χ0v) is 11.6. The maximum Gasteiger partial charge on any atom is 0.201 e. The predicted molar refractivity (Wildman–Crippen MR) is 69.6 cm³/mol. The van der Waals surface area contributed by atoms with Gasteiger partial charge in [-0.15, -0.1) is 0 Å². The fourth-order valence-electron chi connectivity index (χ4n) is 2.06. The number of aromatic nitrogens is 4. The summed E-state index contributed by atoms with van der Waals surface area (Å²) in [5.41, 5.74) is 3.25. The summed E-state index contributed by atoms with van der Waals surface area (Å²) in [6.45, 7) is 6.09. The fourth-order valence-corrected chi connectivity index (χ4v) is 2.27. The minimum absolute atomic E-state index is 0.285. The predicted octanol–water partition coefficient (Wildman–Crippen LogP) is 2.50. The van der Waals surface area contributed by atoms with Gasteiger partial charge in [0.2, 0.25) is 11.6 Å². The number of ether oxygens (including phenoxy) is 1. The van der Waals surface area contributed by atoms with E-state index in [0.29, 0.717) is 11.6 Å². The highest BCUT2D eigenvalue weighted by atomic mass is 35.5. The molecule has 0 aliphatic heterocycles. The lowest BCUT2D eigenvalue weighted by molar-refractivity contribution is 0.407. The highest BCUT2D eigenvalue weighted by molar-refractivity contribution is 6.31. The summed E-state index contributed by atoms with van der Waals surface area (Å²) < 4.78 is 7.00. The molecule has 0 atom stereocenters. The van der Waals surface area contributed by atoms with Crippen molar-refractivity contribution >= 4 is 11.6 Å². The molecule has 18 heavy (non-hydrogen) atoms. The number of rotatable bonds is 3. The normalized spacial score (nSPS) is 10.7. The van der Waals surface area contributed by atoms with Crippen molar-refractivity contribution in [1.82, 2.24) is 19.7 Å². The molecule has 0 saturated carbocycles. The summed E-state index contributed by atoms with van der Waals surface area (Å²) >= 11 is 6.00. The molecule has 0 radical (unpaired) electrons. The Morgan fingerprint density at radius 2 is 2.06 bits per heavy atom. The van der Waals surface area contributed by atoms with E-state index in [2.05, 4.69) is 22.0 Å². The van der Waals surface area contributed by atoms with Gasteiger partial charge in [-0.1, -0.05) is 18.5 Å². The zero-order valence-electron chi connectivity index (χ0n) is 10.9. The highest BCUT2D eigenvalue weighted by Crippen LogP contribution is 2.29. The molecule has 0 fully saturated rings. The Kier molecular flexibility index (Phi) is 3.52. The molecule has 0 aliphatic carbocycles. The quantitative estimate of drug-likeness (QED) is 0.801. The number of hydrogen-bond donors (Lipinski definition) is 0. The summed E-state index contributed by atoms with van der Waals surface area (Å²) in [6.07, 6.45) is 2.33. The molecule has 0 spiro atoms. The van der Waals surface area contributed by atoms with Crippen molar-refractivity contribution in [2.75, 3.05) is 7.11 Å². The van der Waals surface area contributed by atoms with Crippen LogP contribution in [0.1, 0.15) is 23.9 Å². The van der Waals surface area contributed by atoms with E-state index in [0.717, 1.165) is 17.8 Å². The average molecular weight is 267 g/mol. The monoisotopic (exact) mass is 266 g/mol. The first-order chi connectivity index (χ1) is 8.60. The van der Waals surface area contributed by atoms with Crippen LogP contribution in [0.4, 0.5) is 0 Å². The summed E-state index contributed by atoms with van der Waals surface area (Å²) in [6, 6.07) is 0. The third kappa shape index (κ3) is 1.95. The van der Waals surface area contributed by atoms with E-state index >= 15 is 0 Å². The van der Waals surface area contributed by atoms with Crippen molar-refractivity contribution in [1.29, 1.82) is 0 Å². The third-order valence-corrected chi connectivity index (χ3v) is 3.21. The van der Waals surface area contributed by atoms with E-state index in [1.54, 1.807) is 11.8 Å². The summed E-state index contributed by atoms with van der Waals surface area (Å²) in [7, 11) is 1.54. The minimum atomic E-state index is 0.285. The molecule has 2 aromatic rings. The van der Waals surface area contributed by atoms with Gasteiger partial charge in [0, 0.05) is 5.69 Å². The van der Waals surface area contributed by atoms with Gasteiger partial charge in [0.25, 0.3) is 0 Å². The fraction of sp³-hybridized carbons (Fsp3) is 0.417. The molecule has 6 heteroatoms. The molecule has 96 valence electrons. The molecular weight excluding hydrogens is 252 g/mol. The second kappa shape index (κ2) is 4.94. The largest absolute Gasteiger partial charge is 0.490 e. The Balaban J connectivity index is 2.66. The number of nitrogens with zero attached hydrogens (tertiary/aromatic N) is 4. The van der Waals surface area contributed by atoms with Crippen LogP contribution < -0.4 is 4.74 Å². The van der Waals surface area contributed by atoms with Crippen molar-refractivity contribution in [3.63, 3.8) is 0 Å². The molecule has 0 bridgehead atoms. The van der Waals surface area contributed by atoms with Gasteiger partial charge in [-0.2, -0.15) is 5.10 Å². The van der Waals surface area contributed by atoms with Crippen LogP contribution in [0.3, 0.4) is 0 Å². The Bertz CT molecular complexity index is 580. The van der Waals surface area contributed by atoms with Crippen LogP contribution >= 0.6 is 11.6 Å². The molecule has 2 heterocycles. The van der Waals surface area contributed by atoms with Crippen molar-refractivity contribution in [3.8, 4) is 11.6 Å². The summed E-state index contributed by atoms with van der Waals surface area (Å²) in [4.78, 5) is 8.11. The Morgan fingerprint density at radius 3 is 2.61 bits per heavy atom. The number of hydrogen-bond acceptors (Lipinski definition) is 4. The molecule has 0 N–H and O–H groups in total. The van der Waals surface area contributed by atoms with Crippen molar-refractivity contribution in [2.45, 2.75) is 27.2 Å². The molecule has 0 amide bonds. The van der Waals surface area contributed by atoms with E-state index in [1.165, 1.54) is 11.9 Å². The second-order valence-electron chi connectivity index (χ2n) is 3.94. The maximum absolute atomic E-state index is 6.00. The van der Waals surface area contributed by atoms with Crippen LogP contribution in [0.15, 0.2) is 6.33 Å². The first-order valence-corrected chi connectivity index (χ1v) is 6.07. The number of halogens is 1. The molecule has 0 unspecified atom stereocenters. The van der Waals surface area contributed by atoms with Crippen LogP contribution in [0.25, 0.3) is 5.82 Å². The standard InChI is InChI=1S/C12H15ClN4O/c1-5-9-7(2)16-17(8(9)3)12-10(18-4)11(13)14-6-15-12/h6H,5H2,1-4H3. The Hall–Kier alpha value is -1.62. The smallest absolute Gasteiger partial charge is 0.201 e. The first-order valence-electron chi connectivity index (χ1n) is 5.70. The molecule has 2 rings (SSSR count). The van der Waals surface area contributed by atoms with Gasteiger partial charge < -0.3 is 4.74 Å². The van der Waals surface area contributed by atoms with E-state index in [9.17, 15) is 0 Å². The molecule has 0 aliphatic rings. The summed E-state index contributed by atoms with van der Waals surface area (Å²) in [5.74, 6) is 1.00. The highest BCUT2D eigenvalue weighted by Gasteiger charge is 2.17. The molecule has 5 nitrogen and oxygen atoms in total. The molecule has 0 saturated heterocycles. The number of aryl methyl sites for hydroxylation is 1. The van der Waals surface area contributed by atoms with E-state index < -0.39 is 0 Å². The zero-order chi connectivity index (χ0) is 13.3. The lowest BCUT2D eigenvalue weighted by atomic mass is 10.1. The van der Waals surface area contributed by atoms with Gasteiger partial charge in [-0.25, -0.2) is 14.6 Å². The molecule has 2 aromatic heterocycles. The second-order valence-corrected chi connectivity index (χ2v) is 4.29. The van der Waals surface area contributed by atoms with Crippen molar-refractivity contribution in [3.05, 3.63) is 28.4 Å². The van der Waals surface area contributed by atoms with Crippen LogP contribution in [0.2, 0.25) is 5.15 Å². The Morgan fingerprint density at radius 1 is 1.33 bits per heavy atom. The molecular formula is C12H15ClN4O. The van der Waals surface area contributed by atoms with E-state index in [4.69, 9.17) is 16.3 Å².